The van der Waals surface area contributed by atoms with Crippen molar-refractivity contribution in [1.29, 1.82) is 0 Å². The Morgan fingerprint density at radius 1 is 0.288 bits per heavy atom. The van der Waals surface area contributed by atoms with E-state index in [1.165, 1.54) is 44.0 Å². The first kappa shape index (κ1) is 68.7. The summed E-state index contributed by atoms with van der Waals surface area (Å²) in [5.41, 5.74) is 1.76. The molecule has 0 aromatic heterocycles. The molecule has 8 aromatic carbocycles. The molecular weight excluding hydrogens is 1270 g/mol. The average Bonchev–Trinajstić information content (AvgIpc) is 3.36. The molecule has 8 rings (SSSR count). The van der Waals surface area contributed by atoms with Gasteiger partial charge in [0.25, 0.3) is 5.69 Å². The van der Waals surface area contributed by atoms with Gasteiger partial charge in [-0.3, -0.25) is 10.1 Å². The summed E-state index contributed by atoms with van der Waals surface area (Å²) >= 11 is 0. The third-order valence-corrected chi connectivity index (χ3v) is 13.2. The van der Waals surface area contributed by atoms with Crippen molar-refractivity contribution in [3.8, 4) is 11.8 Å². The molecule has 0 aliphatic heterocycles. The van der Waals surface area contributed by atoms with Crippen molar-refractivity contribution in [3.05, 3.63) is 258 Å². The van der Waals surface area contributed by atoms with Crippen LogP contribution in [0.2, 0.25) is 0 Å². The molecule has 0 aliphatic rings. The van der Waals surface area contributed by atoms with Gasteiger partial charge in [-0.15, -0.1) is 0 Å². The van der Waals surface area contributed by atoms with Gasteiger partial charge in [0.15, 0.2) is 0 Å². The van der Waals surface area contributed by atoms with E-state index in [0.29, 0.717) is 0 Å². The predicted octanol–water partition coefficient (Wildman–Crippen LogP) is 18.4. The predicted molar refractivity (Wildman–Crippen MR) is 277 cm³/mol. The van der Waals surface area contributed by atoms with Crippen molar-refractivity contribution in [2.45, 2.75) is 0 Å². The van der Waals surface area contributed by atoms with E-state index in [0.717, 1.165) is 11.1 Å². The number of hydrogen-bond acceptors (Lipinski definition) is 2. The SMILES string of the molecule is FP(F)F.FP(F)F.FP(F)F.FP(F)F.O=[N+]([O-])c1ccc(C#Cc2ccccc2)cc1.[Rh].[Rh].c1ccc(P(c2ccccc2)c2ccccc2)cc1.c1ccc(P(c2ccccc2)c2ccccc2)cc1. The number of nitro groups is 1. The fourth-order valence-electron chi connectivity index (χ4n) is 5.69. The van der Waals surface area contributed by atoms with Gasteiger partial charge < -0.3 is 0 Å². The van der Waals surface area contributed by atoms with Gasteiger partial charge >= 0.3 is 35.4 Å². The first-order valence-electron chi connectivity index (χ1n) is 19.9. The molecule has 23 heteroatoms. The second-order valence-corrected chi connectivity index (χ2v) is 18.8. The first-order chi connectivity index (χ1) is 34.1. The molecule has 0 bridgehead atoms. The molecule has 73 heavy (non-hydrogen) atoms. The fourth-order valence-corrected chi connectivity index (χ4v) is 10.3. The van der Waals surface area contributed by atoms with Crippen LogP contribution in [0.3, 0.4) is 0 Å². The van der Waals surface area contributed by atoms with Crippen LogP contribution in [-0.2, 0) is 39.0 Å². The Balaban J connectivity index is 0.000000917. The third-order valence-electron chi connectivity index (χ3n) is 8.29. The summed E-state index contributed by atoms with van der Waals surface area (Å²) in [6.45, 7) is 0. The van der Waals surface area contributed by atoms with Crippen molar-refractivity contribution >= 4 is 88.8 Å². The van der Waals surface area contributed by atoms with Gasteiger partial charge in [-0.1, -0.05) is 212 Å². The molecule has 8 aromatic rings. The van der Waals surface area contributed by atoms with Crippen LogP contribution in [0.15, 0.2) is 237 Å². The molecule has 0 N–H and O–H groups in total. The van der Waals surface area contributed by atoms with Crippen molar-refractivity contribution in [2.24, 2.45) is 0 Å². The van der Waals surface area contributed by atoms with Gasteiger partial charge in [-0.05, 0) is 71.9 Å². The summed E-state index contributed by atoms with van der Waals surface area (Å²) in [5, 5.41) is 18.8. The summed E-state index contributed by atoms with van der Waals surface area (Å²) in [7, 11) is -17.4. The Kier molecular flexibility index (Phi) is 39.5. The monoisotopic (exact) mass is 1300 g/mol. The molecule has 0 amide bonds. The summed E-state index contributed by atoms with van der Waals surface area (Å²) in [6.07, 6.45) is 0. The minimum absolute atomic E-state index is 0. The summed E-state index contributed by atoms with van der Waals surface area (Å²) < 4.78 is 117. The number of hydrogen-bond donors (Lipinski definition) is 0. The molecule has 0 unspecified atom stereocenters. The summed E-state index contributed by atoms with van der Waals surface area (Å²) in [6, 6.07) is 80.4. The Labute approximate surface area is 449 Å². The molecule has 0 aliphatic carbocycles. The summed E-state index contributed by atoms with van der Waals surface area (Å²) in [5.74, 6) is 5.94. The largest absolute Gasteiger partial charge is 0.456 e. The number of benzene rings is 8. The zero-order valence-corrected chi connectivity index (χ0v) is 45.8. The van der Waals surface area contributed by atoms with Gasteiger partial charge in [0.2, 0.25) is 0 Å². The van der Waals surface area contributed by atoms with Crippen LogP contribution in [0.1, 0.15) is 11.1 Å². The number of non-ortho nitro benzene ring substituents is 1. The number of nitro benzene ring substituents is 1. The molecule has 3 nitrogen and oxygen atoms in total. The molecular formula is C50H39F12NO2P6Rh2. The first-order valence-corrected chi connectivity index (χ1v) is 26.6. The zero-order valence-electron chi connectivity index (χ0n) is 37.2. The van der Waals surface area contributed by atoms with E-state index >= 15 is 0 Å². The van der Waals surface area contributed by atoms with Crippen LogP contribution in [0, 0.1) is 22.0 Å². The van der Waals surface area contributed by atoms with Crippen LogP contribution in [0.5, 0.6) is 0 Å². The van der Waals surface area contributed by atoms with E-state index in [2.05, 4.69) is 194 Å². The fraction of sp³-hybridized carbons (Fsp3) is 0. The normalized spacial score (nSPS) is 9.62. The zero-order chi connectivity index (χ0) is 52.2. The van der Waals surface area contributed by atoms with Gasteiger partial charge in [0.05, 0.1) is 4.92 Å². The van der Waals surface area contributed by atoms with E-state index in [1.54, 1.807) is 12.1 Å². The molecule has 0 atom stereocenters. The van der Waals surface area contributed by atoms with Gasteiger partial charge in [0, 0.05) is 62.2 Å². The molecule has 0 fully saturated rings. The van der Waals surface area contributed by atoms with E-state index in [-0.39, 0.29) is 44.6 Å². The average molecular weight is 1310 g/mol. The molecule has 0 spiro atoms. The van der Waals surface area contributed by atoms with Crippen LogP contribution in [-0.4, -0.2) is 4.92 Å². The van der Waals surface area contributed by atoms with Crippen LogP contribution >= 0.6 is 51.3 Å². The Morgan fingerprint density at radius 2 is 0.452 bits per heavy atom. The maximum atomic E-state index is 10.5. The molecule has 0 saturated heterocycles. The Bertz CT molecular complexity index is 2310. The van der Waals surface area contributed by atoms with Gasteiger partial charge in [0.1, 0.15) is 0 Å². The van der Waals surface area contributed by atoms with Crippen molar-refractivity contribution in [2.75, 3.05) is 0 Å². The second kappa shape index (κ2) is 42.0. The van der Waals surface area contributed by atoms with E-state index < -0.39 is 56.2 Å². The van der Waals surface area contributed by atoms with Crippen molar-refractivity contribution < 1.29 is 94.2 Å². The molecule has 388 valence electrons. The second-order valence-electron chi connectivity index (χ2n) is 12.9. The topological polar surface area (TPSA) is 43.1 Å². The number of halogens is 12. The maximum absolute atomic E-state index is 10.5. The Morgan fingerprint density at radius 3 is 0.630 bits per heavy atom. The number of rotatable bonds is 7. The van der Waals surface area contributed by atoms with E-state index in [1.807, 2.05) is 30.3 Å². The Hall–Kier alpha value is -4.29. The van der Waals surface area contributed by atoms with Gasteiger partial charge in [-0.25, -0.2) is 0 Å². The van der Waals surface area contributed by atoms with Crippen molar-refractivity contribution in [3.63, 3.8) is 0 Å². The summed E-state index contributed by atoms with van der Waals surface area (Å²) in [4.78, 5) is 10.0. The van der Waals surface area contributed by atoms with E-state index in [4.69, 9.17) is 0 Å². The minimum Gasteiger partial charge on any atom is -0.258 e. The molecule has 0 saturated carbocycles. The smallest absolute Gasteiger partial charge is 0.258 e. The third kappa shape index (κ3) is 32.6. The standard InChI is InChI=1S/2C18H15P.C14H9NO2.4F3P.2Rh/c2*1-4-10-16(11-5-1)19(17-12-6-2-7-13-17)18-14-8-3-9-15-18;16-15(17)14-10-8-13(9-11-14)7-6-12-4-2-1-3-5-12;4*1-4(2)3;;/h2*1-15H;1-5,8-11H;;;;;;. The minimum atomic E-state index is -4.12. The maximum Gasteiger partial charge on any atom is 0.456 e. The van der Waals surface area contributed by atoms with Crippen LogP contribution in [0.4, 0.5) is 56.1 Å². The van der Waals surface area contributed by atoms with Crippen LogP contribution in [0.25, 0.3) is 0 Å². The molecule has 2 radical (unpaired) electrons. The molecule has 0 heterocycles. The van der Waals surface area contributed by atoms with Crippen molar-refractivity contribution in [1.82, 2.24) is 0 Å². The quantitative estimate of drug-likeness (QED) is 0.0399. The number of nitrogens with zero attached hydrogens (tertiary/aromatic N) is 1. The van der Waals surface area contributed by atoms with E-state index in [9.17, 15) is 60.5 Å². The van der Waals surface area contributed by atoms with Gasteiger partial charge in [-0.2, -0.15) is 50.4 Å². The van der Waals surface area contributed by atoms with Crippen LogP contribution < -0.4 is 31.8 Å².